The van der Waals surface area contributed by atoms with Crippen molar-refractivity contribution in [3.05, 3.63) is 42.2 Å². The molecule has 0 saturated carbocycles. The third kappa shape index (κ3) is 3.71. The van der Waals surface area contributed by atoms with Crippen molar-refractivity contribution in [1.29, 1.82) is 0 Å². The van der Waals surface area contributed by atoms with Crippen molar-refractivity contribution < 1.29 is 22.3 Å². The van der Waals surface area contributed by atoms with Crippen molar-refractivity contribution in [3.63, 3.8) is 0 Å². The first-order valence-electron chi connectivity index (χ1n) is 10.0. The number of nitrogens with one attached hydrogen (secondary N) is 1. The first-order chi connectivity index (χ1) is 15.5. The van der Waals surface area contributed by atoms with E-state index in [0.29, 0.717) is 28.3 Å². The number of ether oxygens (including phenoxy) is 2. The lowest BCUT2D eigenvalue weighted by molar-refractivity contribution is 0.388. The number of aryl methyl sites for hydroxylation is 1. The van der Waals surface area contributed by atoms with Gasteiger partial charge in [-0.05, 0) is 39.8 Å². The molecule has 0 radical (unpaired) electrons. The van der Waals surface area contributed by atoms with Crippen LogP contribution in [0.3, 0.4) is 0 Å². The van der Waals surface area contributed by atoms with E-state index >= 15 is 4.39 Å². The number of hydrogen-bond donors (Lipinski definition) is 1. The summed E-state index contributed by atoms with van der Waals surface area (Å²) in [6.45, 7) is 6.58. The highest BCUT2D eigenvalue weighted by Gasteiger charge is 2.34. The number of H-pyrrole nitrogens is 1. The molecule has 0 unspecified atom stereocenters. The van der Waals surface area contributed by atoms with E-state index in [1.165, 1.54) is 32.7 Å². The van der Waals surface area contributed by atoms with E-state index in [4.69, 9.17) is 9.47 Å². The summed E-state index contributed by atoms with van der Waals surface area (Å²) in [7, 11) is -0.976. The Morgan fingerprint density at radius 3 is 2.42 bits per heavy atom. The molecule has 3 heterocycles. The fraction of sp³-hybridized carbons (Fsp3) is 0.318. The molecule has 0 aliphatic rings. The van der Waals surface area contributed by atoms with Crippen LogP contribution in [0.4, 0.5) is 4.39 Å². The van der Waals surface area contributed by atoms with Gasteiger partial charge in [-0.2, -0.15) is 5.10 Å². The Morgan fingerprint density at radius 1 is 1.12 bits per heavy atom. The molecule has 0 aliphatic heterocycles. The lowest BCUT2D eigenvalue weighted by Crippen LogP contribution is -2.28. The SMILES string of the molecule is COc1cc2ncc(-c3cc(F)c(OC)c(-c4n[nH]c(C)n4)c3)n2cc1S(=O)(=O)C(C)(C)C. The quantitative estimate of drug-likeness (QED) is 0.469. The smallest absolute Gasteiger partial charge is 0.188 e. The Balaban J connectivity index is 1.98. The van der Waals surface area contributed by atoms with Crippen LogP contribution >= 0.6 is 0 Å². The van der Waals surface area contributed by atoms with Crippen LogP contribution < -0.4 is 9.47 Å². The van der Waals surface area contributed by atoms with Gasteiger partial charge in [0.15, 0.2) is 27.2 Å². The fourth-order valence-corrected chi connectivity index (χ4v) is 4.78. The second kappa shape index (κ2) is 7.84. The summed E-state index contributed by atoms with van der Waals surface area (Å²) in [5.41, 5.74) is 1.72. The minimum Gasteiger partial charge on any atom is -0.495 e. The first kappa shape index (κ1) is 22.7. The number of aromatic amines is 1. The molecule has 11 heteroatoms. The molecule has 0 fully saturated rings. The summed E-state index contributed by atoms with van der Waals surface area (Å²) in [5, 5.41) is 6.85. The van der Waals surface area contributed by atoms with Crippen molar-refractivity contribution in [2.45, 2.75) is 37.3 Å². The van der Waals surface area contributed by atoms with Crippen molar-refractivity contribution in [3.8, 4) is 34.1 Å². The fourth-order valence-electron chi connectivity index (χ4n) is 3.47. The van der Waals surface area contributed by atoms with E-state index in [0.717, 1.165) is 0 Å². The molecule has 0 spiro atoms. The van der Waals surface area contributed by atoms with Crippen LogP contribution in [-0.4, -0.2) is 52.0 Å². The molecule has 0 saturated heterocycles. The van der Waals surface area contributed by atoms with Crippen molar-refractivity contribution >= 4 is 15.5 Å². The Hall–Kier alpha value is -3.47. The average Bonchev–Trinajstić information content (AvgIpc) is 3.37. The highest BCUT2D eigenvalue weighted by atomic mass is 32.2. The normalized spacial score (nSPS) is 12.3. The van der Waals surface area contributed by atoms with Gasteiger partial charge >= 0.3 is 0 Å². The van der Waals surface area contributed by atoms with E-state index in [-0.39, 0.29) is 22.2 Å². The molecular weight excluding hydrogens is 449 g/mol. The molecule has 1 N–H and O–H groups in total. The van der Waals surface area contributed by atoms with Gasteiger partial charge in [0.05, 0.1) is 36.4 Å². The number of aromatic nitrogens is 5. The zero-order valence-corrected chi connectivity index (χ0v) is 19.9. The molecule has 0 atom stereocenters. The molecule has 174 valence electrons. The van der Waals surface area contributed by atoms with Gasteiger partial charge in [-0.25, -0.2) is 22.8 Å². The van der Waals surface area contributed by atoms with E-state index in [9.17, 15) is 8.42 Å². The topological polar surface area (TPSA) is 111 Å². The van der Waals surface area contributed by atoms with Crippen molar-refractivity contribution in [2.75, 3.05) is 14.2 Å². The Morgan fingerprint density at radius 2 is 1.85 bits per heavy atom. The molecule has 9 nitrogen and oxygen atoms in total. The molecule has 0 aliphatic carbocycles. The number of rotatable bonds is 5. The van der Waals surface area contributed by atoms with Crippen LogP contribution in [0.5, 0.6) is 11.5 Å². The molecule has 4 rings (SSSR count). The zero-order valence-electron chi connectivity index (χ0n) is 19.1. The standard InChI is InChI=1S/C22H24FN5O4S/c1-12-25-21(27-26-12)14-7-13(8-15(23)20(14)32-6)16-10-24-19-9-17(31-5)18(11-28(16)19)33(29,30)22(2,3)4/h7-11H,1-6H3,(H,25,26,27). The summed E-state index contributed by atoms with van der Waals surface area (Å²) in [6, 6.07) is 4.52. The van der Waals surface area contributed by atoms with E-state index in [2.05, 4.69) is 20.2 Å². The van der Waals surface area contributed by atoms with Gasteiger partial charge in [0.2, 0.25) is 0 Å². The molecule has 3 aromatic heterocycles. The molecule has 4 aromatic rings. The predicted octanol–water partition coefficient (Wildman–Crippen LogP) is 3.82. The predicted molar refractivity (Wildman–Crippen MR) is 121 cm³/mol. The number of hydrogen-bond acceptors (Lipinski definition) is 7. The van der Waals surface area contributed by atoms with Crippen LogP contribution in [0, 0.1) is 12.7 Å². The van der Waals surface area contributed by atoms with Gasteiger partial charge in [-0.15, -0.1) is 0 Å². The molecular formula is C22H24FN5O4S. The van der Waals surface area contributed by atoms with Crippen LogP contribution in [-0.2, 0) is 9.84 Å². The minimum atomic E-state index is -3.75. The molecule has 1 aromatic carbocycles. The van der Waals surface area contributed by atoms with Crippen molar-refractivity contribution in [2.24, 2.45) is 0 Å². The highest BCUT2D eigenvalue weighted by Crippen LogP contribution is 2.37. The summed E-state index contributed by atoms with van der Waals surface area (Å²) < 4.78 is 52.6. The maximum absolute atomic E-state index is 15.0. The average molecular weight is 474 g/mol. The second-order valence-corrected chi connectivity index (χ2v) is 11.1. The zero-order chi connectivity index (χ0) is 24.1. The van der Waals surface area contributed by atoms with Crippen LogP contribution in [0.2, 0.25) is 0 Å². The van der Waals surface area contributed by atoms with Crippen LogP contribution in [0.25, 0.3) is 28.3 Å². The lowest BCUT2D eigenvalue weighted by Gasteiger charge is -2.21. The van der Waals surface area contributed by atoms with Gasteiger partial charge < -0.3 is 9.47 Å². The maximum atomic E-state index is 15.0. The number of halogens is 1. The first-order valence-corrected chi connectivity index (χ1v) is 11.5. The number of pyridine rings is 1. The number of fused-ring (bicyclic) bond motifs is 1. The van der Waals surface area contributed by atoms with Gasteiger partial charge in [-0.1, -0.05) is 0 Å². The number of sulfone groups is 1. The maximum Gasteiger partial charge on any atom is 0.188 e. The summed E-state index contributed by atoms with van der Waals surface area (Å²) >= 11 is 0. The summed E-state index contributed by atoms with van der Waals surface area (Å²) in [4.78, 5) is 8.66. The van der Waals surface area contributed by atoms with E-state index in [1.54, 1.807) is 44.2 Å². The van der Waals surface area contributed by atoms with Gasteiger partial charge in [-0.3, -0.25) is 9.50 Å². The largest absolute Gasteiger partial charge is 0.495 e. The van der Waals surface area contributed by atoms with Gasteiger partial charge in [0.25, 0.3) is 0 Å². The highest BCUT2D eigenvalue weighted by molar-refractivity contribution is 7.92. The van der Waals surface area contributed by atoms with Crippen LogP contribution in [0.15, 0.2) is 35.5 Å². The van der Waals surface area contributed by atoms with E-state index in [1.807, 2.05) is 0 Å². The third-order valence-corrected chi connectivity index (χ3v) is 7.77. The number of nitrogens with zero attached hydrogens (tertiary/aromatic N) is 4. The molecule has 0 amide bonds. The number of benzene rings is 1. The van der Waals surface area contributed by atoms with Gasteiger partial charge in [0.1, 0.15) is 22.1 Å². The second-order valence-electron chi connectivity index (χ2n) is 8.48. The Labute approximate surface area is 190 Å². The number of methoxy groups -OCH3 is 2. The summed E-state index contributed by atoms with van der Waals surface area (Å²) in [6.07, 6.45) is 2.99. The lowest BCUT2D eigenvalue weighted by atomic mass is 10.1. The Kier molecular flexibility index (Phi) is 5.39. The monoisotopic (exact) mass is 473 g/mol. The Bertz CT molecular complexity index is 1470. The van der Waals surface area contributed by atoms with Crippen molar-refractivity contribution in [1.82, 2.24) is 24.6 Å². The minimum absolute atomic E-state index is 0.00393. The molecule has 33 heavy (non-hydrogen) atoms. The summed E-state index contributed by atoms with van der Waals surface area (Å²) in [5.74, 6) is 0.420. The van der Waals surface area contributed by atoms with E-state index < -0.39 is 20.4 Å². The third-order valence-electron chi connectivity index (χ3n) is 5.27. The molecule has 0 bridgehead atoms. The van der Waals surface area contributed by atoms with Crippen LogP contribution in [0.1, 0.15) is 26.6 Å². The number of imidazole rings is 1. The van der Waals surface area contributed by atoms with Gasteiger partial charge in [0, 0.05) is 17.8 Å².